The van der Waals surface area contributed by atoms with Gasteiger partial charge in [-0.2, -0.15) is 0 Å². The minimum Gasteiger partial charge on any atom is -0.388 e. The van der Waals surface area contributed by atoms with Gasteiger partial charge in [-0.1, -0.05) is 26.3 Å². The minimum atomic E-state index is -0.885. The van der Waals surface area contributed by atoms with Crippen LogP contribution in [0.25, 0.3) is 0 Å². The zero-order chi connectivity index (χ0) is 15.3. The number of aliphatic hydroxyl groups is 1. The molecule has 2 unspecified atom stereocenters. The van der Waals surface area contributed by atoms with E-state index in [0.717, 1.165) is 12.1 Å². The van der Waals surface area contributed by atoms with Crippen molar-refractivity contribution in [3.05, 3.63) is 29.8 Å². The van der Waals surface area contributed by atoms with Crippen LogP contribution in [0.4, 0.5) is 5.69 Å². The lowest BCUT2D eigenvalue weighted by atomic mass is 9.88. The van der Waals surface area contributed by atoms with Crippen LogP contribution in [0.1, 0.15) is 37.6 Å². The summed E-state index contributed by atoms with van der Waals surface area (Å²) < 4.78 is 0. The third-order valence-corrected chi connectivity index (χ3v) is 3.91. The van der Waals surface area contributed by atoms with Gasteiger partial charge in [0.05, 0.1) is 5.60 Å². The number of carbonyl (C=O) groups excluding carboxylic acids is 1. The number of hydrogen-bond acceptors (Lipinski definition) is 3. The van der Waals surface area contributed by atoms with Crippen molar-refractivity contribution in [1.29, 1.82) is 0 Å². The van der Waals surface area contributed by atoms with Crippen LogP contribution >= 0.6 is 0 Å². The molecule has 1 aromatic carbocycles. The molecule has 0 fully saturated rings. The maximum atomic E-state index is 12.1. The molecule has 4 heteroatoms. The van der Waals surface area contributed by atoms with E-state index in [4.69, 9.17) is 0 Å². The molecule has 0 aliphatic carbocycles. The highest BCUT2D eigenvalue weighted by Crippen LogP contribution is 2.19. The van der Waals surface area contributed by atoms with Crippen LogP contribution in [0.5, 0.6) is 0 Å². The summed E-state index contributed by atoms with van der Waals surface area (Å²) in [7, 11) is 3.87. The number of rotatable bonds is 6. The molecular formula is C16H26N2O2. The summed E-state index contributed by atoms with van der Waals surface area (Å²) in [6.45, 7) is 6.03. The Balaban J connectivity index is 2.70. The van der Waals surface area contributed by atoms with E-state index in [1.54, 1.807) is 13.0 Å². The van der Waals surface area contributed by atoms with Gasteiger partial charge in [-0.3, -0.25) is 4.79 Å². The molecule has 0 spiro atoms. The van der Waals surface area contributed by atoms with Crippen molar-refractivity contribution in [3.8, 4) is 0 Å². The van der Waals surface area contributed by atoms with Gasteiger partial charge in [0.15, 0.2) is 0 Å². The summed E-state index contributed by atoms with van der Waals surface area (Å²) in [4.78, 5) is 14.1. The minimum absolute atomic E-state index is 0.135. The number of hydrogen-bond donors (Lipinski definition) is 2. The molecular weight excluding hydrogens is 252 g/mol. The van der Waals surface area contributed by atoms with Crippen molar-refractivity contribution in [1.82, 2.24) is 5.32 Å². The number of benzene rings is 1. The zero-order valence-electron chi connectivity index (χ0n) is 13.1. The molecule has 112 valence electrons. The van der Waals surface area contributed by atoms with Gasteiger partial charge < -0.3 is 15.3 Å². The Morgan fingerprint density at radius 1 is 1.45 bits per heavy atom. The second kappa shape index (κ2) is 6.75. The van der Waals surface area contributed by atoms with Crippen LogP contribution in [0.15, 0.2) is 24.3 Å². The predicted molar refractivity (Wildman–Crippen MR) is 83.2 cm³/mol. The fourth-order valence-electron chi connectivity index (χ4n) is 1.90. The number of carbonyl (C=O) groups is 1. The van der Waals surface area contributed by atoms with Gasteiger partial charge in [0.25, 0.3) is 5.91 Å². The second-order valence-corrected chi connectivity index (χ2v) is 5.79. The molecule has 20 heavy (non-hydrogen) atoms. The lowest BCUT2D eigenvalue weighted by Crippen LogP contribution is -2.45. The van der Waals surface area contributed by atoms with Gasteiger partial charge in [-0.15, -0.1) is 0 Å². The highest BCUT2D eigenvalue weighted by molar-refractivity contribution is 5.95. The third kappa shape index (κ3) is 4.23. The van der Waals surface area contributed by atoms with E-state index in [0.29, 0.717) is 5.56 Å². The molecule has 0 heterocycles. The molecule has 1 amide bonds. The molecule has 0 aromatic heterocycles. The average molecular weight is 278 g/mol. The van der Waals surface area contributed by atoms with Crippen LogP contribution in [0, 0.1) is 5.92 Å². The first-order valence-electron chi connectivity index (χ1n) is 7.06. The molecule has 0 radical (unpaired) electrons. The van der Waals surface area contributed by atoms with E-state index in [1.807, 2.05) is 51.0 Å². The van der Waals surface area contributed by atoms with E-state index >= 15 is 0 Å². The van der Waals surface area contributed by atoms with Gasteiger partial charge in [-0.05, 0) is 31.0 Å². The van der Waals surface area contributed by atoms with Gasteiger partial charge in [-0.25, -0.2) is 0 Å². The molecule has 1 rings (SSSR count). The van der Waals surface area contributed by atoms with E-state index < -0.39 is 5.60 Å². The Hall–Kier alpha value is -1.55. The van der Waals surface area contributed by atoms with Crippen molar-refractivity contribution in [3.63, 3.8) is 0 Å². The van der Waals surface area contributed by atoms with Crippen LogP contribution < -0.4 is 10.2 Å². The van der Waals surface area contributed by atoms with Crippen molar-refractivity contribution in [2.24, 2.45) is 5.92 Å². The standard InChI is InChI=1S/C16H26N2O2/c1-6-12(2)16(3,20)11-17-15(19)13-8-7-9-14(10-13)18(4)5/h7-10,12,20H,6,11H2,1-5H3,(H,17,19). The largest absolute Gasteiger partial charge is 0.388 e. The Bertz CT molecular complexity index is 456. The van der Waals surface area contributed by atoms with E-state index in [9.17, 15) is 9.90 Å². The van der Waals surface area contributed by atoms with Gasteiger partial charge in [0.1, 0.15) is 0 Å². The summed E-state index contributed by atoms with van der Waals surface area (Å²) in [6, 6.07) is 7.43. The monoisotopic (exact) mass is 278 g/mol. The zero-order valence-corrected chi connectivity index (χ0v) is 13.1. The van der Waals surface area contributed by atoms with Crippen LogP contribution in [-0.2, 0) is 0 Å². The summed E-state index contributed by atoms with van der Waals surface area (Å²) >= 11 is 0. The van der Waals surface area contributed by atoms with Crippen LogP contribution in [0.3, 0.4) is 0 Å². The Labute approximate surface area is 121 Å². The Morgan fingerprint density at radius 3 is 2.65 bits per heavy atom. The van der Waals surface area contributed by atoms with Crippen LogP contribution in [0.2, 0.25) is 0 Å². The maximum Gasteiger partial charge on any atom is 0.251 e. The fourth-order valence-corrected chi connectivity index (χ4v) is 1.90. The Morgan fingerprint density at radius 2 is 2.10 bits per heavy atom. The quantitative estimate of drug-likeness (QED) is 0.839. The molecule has 0 saturated carbocycles. The SMILES string of the molecule is CCC(C)C(C)(O)CNC(=O)c1cccc(N(C)C)c1. The average Bonchev–Trinajstić information content (AvgIpc) is 2.43. The first kappa shape index (κ1) is 16.5. The van der Waals surface area contributed by atoms with Gasteiger partial charge in [0.2, 0.25) is 0 Å². The first-order valence-corrected chi connectivity index (χ1v) is 7.06. The summed E-state index contributed by atoms with van der Waals surface area (Å²) in [5.74, 6) is -0.0202. The Kier molecular flexibility index (Phi) is 5.57. The molecule has 2 atom stereocenters. The summed E-state index contributed by atoms with van der Waals surface area (Å²) in [5, 5.41) is 13.1. The smallest absolute Gasteiger partial charge is 0.251 e. The molecule has 0 aliphatic rings. The molecule has 1 aromatic rings. The highest BCUT2D eigenvalue weighted by Gasteiger charge is 2.27. The predicted octanol–water partition coefficient (Wildman–Crippen LogP) is 2.28. The van der Waals surface area contributed by atoms with Crippen molar-refractivity contribution in [2.45, 2.75) is 32.8 Å². The van der Waals surface area contributed by atoms with Crippen LogP contribution in [-0.4, -0.2) is 37.3 Å². The van der Waals surface area contributed by atoms with E-state index in [-0.39, 0.29) is 18.4 Å². The number of anilines is 1. The summed E-state index contributed by atoms with van der Waals surface area (Å²) in [5.41, 5.74) is 0.700. The number of nitrogens with zero attached hydrogens (tertiary/aromatic N) is 1. The third-order valence-electron chi connectivity index (χ3n) is 3.91. The topological polar surface area (TPSA) is 52.6 Å². The van der Waals surface area contributed by atoms with Gasteiger partial charge in [0, 0.05) is 31.9 Å². The lowest BCUT2D eigenvalue weighted by molar-refractivity contribution is 0.00593. The van der Waals surface area contributed by atoms with E-state index in [1.165, 1.54) is 0 Å². The molecule has 4 nitrogen and oxygen atoms in total. The lowest BCUT2D eigenvalue weighted by Gasteiger charge is -2.29. The second-order valence-electron chi connectivity index (χ2n) is 5.79. The summed E-state index contributed by atoms with van der Waals surface area (Å²) in [6.07, 6.45) is 0.874. The normalized spacial score (nSPS) is 15.3. The fraction of sp³-hybridized carbons (Fsp3) is 0.562. The molecule has 0 bridgehead atoms. The van der Waals surface area contributed by atoms with Crippen molar-refractivity contribution < 1.29 is 9.90 Å². The van der Waals surface area contributed by atoms with E-state index in [2.05, 4.69) is 5.32 Å². The molecule has 0 aliphatic heterocycles. The first-order chi connectivity index (χ1) is 9.27. The van der Waals surface area contributed by atoms with Crippen molar-refractivity contribution >= 4 is 11.6 Å². The highest BCUT2D eigenvalue weighted by atomic mass is 16.3. The number of nitrogens with one attached hydrogen (secondary N) is 1. The maximum absolute atomic E-state index is 12.1. The molecule has 0 saturated heterocycles. The number of amides is 1. The molecule has 2 N–H and O–H groups in total. The van der Waals surface area contributed by atoms with Crippen molar-refractivity contribution in [2.75, 3.05) is 25.5 Å². The van der Waals surface area contributed by atoms with Gasteiger partial charge >= 0.3 is 0 Å².